The lowest BCUT2D eigenvalue weighted by molar-refractivity contribution is 0.164. The van der Waals surface area contributed by atoms with Gasteiger partial charge in [0.25, 0.3) is 0 Å². The molecule has 0 amide bonds. The molecule has 0 radical (unpaired) electrons. The normalized spacial score (nSPS) is 26.8. The Balaban J connectivity index is 2.36. The van der Waals surface area contributed by atoms with Gasteiger partial charge < -0.3 is 5.11 Å². The second-order valence-corrected chi connectivity index (χ2v) is 4.53. The van der Waals surface area contributed by atoms with Crippen LogP contribution in [0.4, 0.5) is 0 Å². The van der Waals surface area contributed by atoms with Gasteiger partial charge in [-0.05, 0) is 24.5 Å². The van der Waals surface area contributed by atoms with Gasteiger partial charge in [-0.25, -0.2) is 0 Å². The zero-order valence-corrected chi connectivity index (χ0v) is 9.22. The van der Waals surface area contributed by atoms with E-state index < -0.39 is 0 Å². The van der Waals surface area contributed by atoms with Gasteiger partial charge >= 0.3 is 0 Å². The molecule has 0 heterocycles. The van der Waals surface area contributed by atoms with Gasteiger partial charge in [-0.2, -0.15) is 0 Å². The highest BCUT2D eigenvalue weighted by Crippen LogP contribution is 2.39. The quantitative estimate of drug-likeness (QED) is 0.782. The Hall–Kier alpha value is -0.240. The fourth-order valence-electron chi connectivity index (χ4n) is 2.11. The van der Waals surface area contributed by atoms with Crippen molar-refractivity contribution < 1.29 is 5.11 Å². The number of hydrogen-bond donors (Lipinski definition) is 1. The zero-order valence-electron chi connectivity index (χ0n) is 7.71. The highest BCUT2D eigenvalue weighted by Gasteiger charge is 2.28. The topological polar surface area (TPSA) is 20.2 Å². The van der Waals surface area contributed by atoms with Crippen molar-refractivity contribution in [1.29, 1.82) is 0 Å². The minimum atomic E-state index is -0.258. The second kappa shape index (κ2) is 4.09. The van der Waals surface area contributed by atoms with Gasteiger partial charge in [0.2, 0.25) is 0 Å². The first-order valence-electron chi connectivity index (χ1n) is 4.82. The van der Waals surface area contributed by atoms with Crippen molar-refractivity contribution in [2.24, 2.45) is 0 Å². The van der Waals surface area contributed by atoms with E-state index in [2.05, 4.69) is 0 Å². The maximum atomic E-state index is 9.76. The SMILES string of the molecule is OC1CCCC1c1cccc(Cl)c1Cl. The molecule has 0 spiro atoms. The van der Waals surface area contributed by atoms with Crippen LogP contribution in [-0.2, 0) is 0 Å². The number of halogens is 2. The zero-order chi connectivity index (χ0) is 10.1. The number of hydrogen-bond acceptors (Lipinski definition) is 1. The molecular formula is C11H12Cl2O. The van der Waals surface area contributed by atoms with Crippen LogP contribution in [0.1, 0.15) is 30.7 Å². The number of aliphatic hydroxyl groups is 1. The van der Waals surface area contributed by atoms with Gasteiger partial charge in [0.1, 0.15) is 0 Å². The average molecular weight is 231 g/mol. The third-order valence-corrected chi connectivity index (χ3v) is 3.69. The largest absolute Gasteiger partial charge is 0.392 e. The van der Waals surface area contributed by atoms with E-state index in [1.807, 2.05) is 12.1 Å². The third-order valence-electron chi connectivity index (χ3n) is 2.86. The van der Waals surface area contributed by atoms with Crippen molar-refractivity contribution in [3.63, 3.8) is 0 Å². The van der Waals surface area contributed by atoms with Crippen molar-refractivity contribution in [3.05, 3.63) is 33.8 Å². The monoisotopic (exact) mass is 230 g/mol. The van der Waals surface area contributed by atoms with E-state index >= 15 is 0 Å². The molecule has 1 aromatic carbocycles. The fourth-order valence-corrected chi connectivity index (χ4v) is 2.56. The van der Waals surface area contributed by atoms with Crippen LogP contribution in [0.3, 0.4) is 0 Å². The van der Waals surface area contributed by atoms with Crippen LogP contribution < -0.4 is 0 Å². The molecular weight excluding hydrogens is 219 g/mol. The Bertz CT molecular complexity index is 338. The second-order valence-electron chi connectivity index (χ2n) is 3.75. The minimum Gasteiger partial charge on any atom is -0.392 e. The lowest BCUT2D eigenvalue weighted by Crippen LogP contribution is -2.11. The van der Waals surface area contributed by atoms with E-state index in [9.17, 15) is 5.11 Å². The summed E-state index contributed by atoms with van der Waals surface area (Å²) in [5, 5.41) is 10.9. The van der Waals surface area contributed by atoms with E-state index in [1.165, 1.54) is 0 Å². The summed E-state index contributed by atoms with van der Waals surface area (Å²) in [6, 6.07) is 5.61. The standard InChI is InChI=1S/C11H12Cl2O/c12-9-5-1-4-8(11(9)13)7-3-2-6-10(7)14/h1,4-5,7,10,14H,2-3,6H2. The van der Waals surface area contributed by atoms with Crippen LogP contribution in [0.2, 0.25) is 10.0 Å². The Morgan fingerprint density at radius 1 is 1.21 bits per heavy atom. The van der Waals surface area contributed by atoms with Crippen molar-refractivity contribution in [1.82, 2.24) is 0 Å². The summed E-state index contributed by atoms with van der Waals surface area (Å²) in [5.74, 6) is 0.168. The number of benzene rings is 1. The molecule has 1 aliphatic rings. The van der Waals surface area contributed by atoms with Crippen molar-refractivity contribution in [2.75, 3.05) is 0 Å². The van der Waals surface area contributed by atoms with E-state index in [-0.39, 0.29) is 12.0 Å². The Morgan fingerprint density at radius 3 is 2.64 bits per heavy atom. The lowest BCUT2D eigenvalue weighted by Gasteiger charge is -2.16. The molecule has 1 N–H and O–H groups in total. The molecule has 3 heteroatoms. The summed E-state index contributed by atoms with van der Waals surface area (Å²) < 4.78 is 0. The van der Waals surface area contributed by atoms with Crippen molar-refractivity contribution in [3.8, 4) is 0 Å². The number of rotatable bonds is 1. The smallest absolute Gasteiger partial charge is 0.0628 e. The molecule has 1 nitrogen and oxygen atoms in total. The van der Waals surface area contributed by atoms with Crippen LogP contribution in [0.25, 0.3) is 0 Å². The van der Waals surface area contributed by atoms with Crippen LogP contribution in [0.5, 0.6) is 0 Å². The average Bonchev–Trinajstić information content (AvgIpc) is 2.57. The first-order chi connectivity index (χ1) is 6.70. The molecule has 1 fully saturated rings. The fraction of sp³-hybridized carbons (Fsp3) is 0.455. The molecule has 76 valence electrons. The van der Waals surface area contributed by atoms with Crippen LogP contribution in [0, 0.1) is 0 Å². The molecule has 14 heavy (non-hydrogen) atoms. The molecule has 1 aliphatic carbocycles. The van der Waals surface area contributed by atoms with E-state index in [0.717, 1.165) is 24.8 Å². The Kier molecular flexibility index (Phi) is 3.01. The van der Waals surface area contributed by atoms with Crippen molar-refractivity contribution in [2.45, 2.75) is 31.3 Å². The van der Waals surface area contributed by atoms with Crippen LogP contribution in [0.15, 0.2) is 18.2 Å². The van der Waals surface area contributed by atoms with E-state index in [4.69, 9.17) is 23.2 Å². The summed E-state index contributed by atoms with van der Waals surface area (Å²) in [5.41, 5.74) is 0.990. The van der Waals surface area contributed by atoms with Crippen LogP contribution >= 0.6 is 23.2 Å². The molecule has 1 aromatic rings. The van der Waals surface area contributed by atoms with Gasteiger partial charge in [-0.3, -0.25) is 0 Å². The molecule has 2 rings (SSSR count). The summed E-state index contributed by atoms with van der Waals surface area (Å²) in [7, 11) is 0. The summed E-state index contributed by atoms with van der Waals surface area (Å²) in [4.78, 5) is 0. The summed E-state index contributed by atoms with van der Waals surface area (Å²) >= 11 is 12.0. The van der Waals surface area contributed by atoms with Gasteiger partial charge in [0.15, 0.2) is 0 Å². The minimum absolute atomic E-state index is 0.168. The molecule has 0 saturated heterocycles. The predicted octanol–water partition coefficient (Wildman–Crippen LogP) is 3.62. The van der Waals surface area contributed by atoms with Crippen molar-refractivity contribution >= 4 is 23.2 Å². The van der Waals surface area contributed by atoms with Crippen LogP contribution in [-0.4, -0.2) is 11.2 Å². The highest BCUT2D eigenvalue weighted by molar-refractivity contribution is 6.42. The Morgan fingerprint density at radius 2 is 2.00 bits per heavy atom. The molecule has 0 aliphatic heterocycles. The van der Waals surface area contributed by atoms with Gasteiger partial charge in [-0.1, -0.05) is 41.8 Å². The van der Waals surface area contributed by atoms with E-state index in [0.29, 0.717) is 10.0 Å². The first kappa shape index (κ1) is 10.3. The van der Waals surface area contributed by atoms with E-state index in [1.54, 1.807) is 6.07 Å². The highest BCUT2D eigenvalue weighted by atomic mass is 35.5. The number of aliphatic hydroxyl groups excluding tert-OH is 1. The molecule has 2 atom stereocenters. The molecule has 0 bridgehead atoms. The van der Waals surface area contributed by atoms with Gasteiger partial charge in [0.05, 0.1) is 16.1 Å². The maximum Gasteiger partial charge on any atom is 0.0628 e. The predicted molar refractivity (Wildman–Crippen MR) is 59.1 cm³/mol. The maximum absolute atomic E-state index is 9.76. The Labute approximate surface area is 93.7 Å². The molecule has 0 aromatic heterocycles. The first-order valence-corrected chi connectivity index (χ1v) is 5.57. The van der Waals surface area contributed by atoms with Gasteiger partial charge in [0, 0.05) is 5.92 Å². The molecule has 2 unspecified atom stereocenters. The lowest BCUT2D eigenvalue weighted by atomic mass is 9.96. The third kappa shape index (κ3) is 1.77. The summed E-state index contributed by atoms with van der Waals surface area (Å²) in [6.45, 7) is 0. The van der Waals surface area contributed by atoms with Gasteiger partial charge in [-0.15, -0.1) is 0 Å². The molecule has 1 saturated carbocycles. The summed E-state index contributed by atoms with van der Waals surface area (Å²) in [6.07, 6.45) is 2.68.